The average molecular weight is 500 g/mol. The van der Waals surface area contributed by atoms with Crippen molar-refractivity contribution in [2.45, 2.75) is 30.6 Å². The molecular formula is C22H24F3N3O5S. The quantitative estimate of drug-likeness (QED) is 0.658. The predicted octanol–water partition coefficient (Wildman–Crippen LogP) is 2.25. The van der Waals surface area contributed by atoms with E-state index in [2.05, 4.69) is 5.32 Å². The first kappa shape index (κ1) is 25.5. The number of alkyl halides is 3. The molecule has 1 aliphatic heterocycles. The van der Waals surface area contributed by atoms with Crippen LogP contribution in [-0.2, 0) is 32.3 Å². The maximum Gasteiger partial charge on any atom is 0.416 e. The second-order valence-corrected chi connectivity index (χ2v) is 9.58. The lowest BCUT2D eigenvalue weighted by molar-refractivity contribution is -0.138. The maximum atomic E-state index is 13.3. The summed E-state index contributed by atoms with van der Waals surface area (Å²) in [5, 5.41) is 2.57. The number of carbonyl (C=O) groups excluding carboxylic acids is 2. The number of rotatable bonds is 6. The molecule has 2 aromatic carbocycles. The number of sulfonamides is 1. The average Bonchev–Trinajstić information content (AvgIpc) is 2.81. The van der Waals surface area contributed by atoms with Gasteiger partial charge in [-0.15, -0.1) is 0 Å². The van der Waals surface area contributed by atoms with Crippen molar-refractivity contribution in [3.05, 3.63) is 59.7 Å². The summed E-state index contributed by atoms with van der Waals surface area (Å²) in [7, 11) is -2.64. The van der Waals surface area contributed by atoms with Gasteiger partial charge in [-0.1, -0.05) is 12.1 Å². The lowest BCUT2D eigenvalue weighted by Crippen LogP contribution is -2.61. The molecule has 34 heavy (non-hydrogen) atoms. The molecule has 0 aromatic heterocycles. The highest BCUT2D eigenvalue weighted by Gasteiger charge is 2.40. The van der Waals surface area contributed by atoms with Crippen LogP contribution in [0.2, 0.25) is 0 Å². The number of nitrogens with zero attached hydrogens (tertiary/aromatic N) is 2. The second kappa shape index (κ2) is 10.0. The number of nitrogens with one attached hydrogen (secondary N) is 1. The number of halogens is 3. The van der Waals surface area contributed by atoms with Gasteiger partial charge >= 0.3 is 6.18 Å². The van der Waals surface area contributed by atoms with E-state index in [-0.39, 0.29) is 37.0 Å². The third-order valence-electron chi connectivity index (χ3n) is 5.49. The summed E-state index contributed by atoms with van der Waals surface area (Å²) in [6, 6.07) is 8.76. The minimum Gasteiger partial charge on any atom is -0.497 e. The summed E-state index contributed by atoms with van der Waals surface area (Å²) in [5.74, 6) is -0.504. The summed E-state index contributed by atoms with van der Waals surface area (Å²) in [4.78, 5) is 26.2. The van der Waals surface area contributed by atoms with E-state index >= 15 is 0 Å². The SMILES string of the molecule is COc1ccc(S(=O)(=O)N2CCN(C(C)=O)CC2C(=O)NCc2ccc(C(F)(F)F)cc2)cc1. The topological polar surface area (TPSA) is 96.0 Å². The van der Waals surface area contributed by atoms with E-state index in [1.54, 1.807) is 0 Å². The molecule has 0 spiro atoms. The Bertz CT molecular complexity index is 1140. The molecule has 2 aromatic rings. The summed E-state index contributed by atoms with van der Waals surface area (Å²) in [6.07, 6.45) is -4.48. The standard InChI is InChI=1S/C22H24F3N3O5S/c1-15(29)27-11-12-28(34(31,32)19-9-7-18(33-2)8-10-19)20(14-27)21(30)26-13-16-3-5-17(6-4-16)22(23,24)25/h3-10,20H,11-14H2,1-2H3,(H,26,30). The number of amides is 2. The van der Waals surface area contributed by atoms with E-state index in [9.17, 15) is 31.2 Å². The van der Waals surface area contributed by atoms with Crippen molar-refractivity contribution in [2.75, 3.05) is 26.7 Å². The van der Waals surface area contributed by atoms with Gasteiger partial charge in [0.1, 0.15) is 11.8 Å². The lowest BCUT2D eigenvalue weighted by atomic mass is 10.1. The number of hydrogen-bond donors (Lipinski definition) is 1. The molecule has 1 saturated heterocycles. The molecule has 8 nitrogen and oxygen atoms in total. The molecule has 1 N–H and O–H groups in total. The summed E-state index contributed by atoms with van der Waals surface area (Å²) in [5.41, 5.74) is -0.408. The van der Waals surface area contributed by atoms with E-state index < -0.39 is 33.7 Å². The Hall–Kier alpha value is -3.12. The highest BCUT2D eigenvalue weighted by atomic mass is 32.2. The zero-order valence-electron chi connectivity index (χ0n) is 18.5. The molecular weight excluding hydrogens is 475 g/mol. The van der Waals surface area contributed by atoms with Crippen molar-refractivity contribution in [3.63, 3.8) is 0 Å². The number of methoxy groups -OCH3 is 1. The third-order valence-corrected chi connectivity index (χ3v) is 7.42. The minimum atomic E-state index is -4.48. The third kappa shape index (κ3) is 5.68. The van der Waals surface area contributed by atoms with E-state index in [4.69, 9.17) is 4.74 Å². The van der Waals surface area contributed by atoms with Crippen molar-refractivity contribution >= 4 is 21.8 Å². The molecule has 3 rings (SSSR count). The van der Waals surface area contributed by atoms with Gasteiger partial charge in [0.15, 0.2) is 0 Å². The van der Waals surface area contributed by atoms with Crippen LogP contribution in [0.4, 0.5) is 13.2 Å². The minimum absolute atomic E-state index is 0.0369. The Morgan fingerprint density at radius 2 is 1.68 bits per heavy atom. The summed E-state index contributed by atoms with van der Waals surface area (Å²) >= 11 is 0. The van der Waals surface area contributed by atoms with Crippen LogP contribution in [-0.4, -0.2) is 62.2 Å². The number of ether oxygens (including phenoxy) is 1. The maximum absolute atomic E-state index is 13.3. The smallest absolute Gasteiger partial charge is 0.416 e. The van der Waals surface area contributed by atoms with Gasteiger partial charge in [-0.2, -0.15) is 17.5 Å². The van der Waals surface area contributed by atoms with Gasteiger partial charge in [-0.05, 0) is 42.0 Å². The molecule has 2 amide bonds. The fourth-order valence-electron chi connectivity index (χ4n) is 3.56. The van der Waals surface area contributed by atoms with Crippen molar-refractivity contribution in [2.24, 2.45) is 0 Å². The summed E-state index contributed by atoms with van der Waals surface area (Å²) in [6.45, 7) is 1.10. The largest absolute Gasteiger partial charge is 0.497 e. The van der Waals surface area contributed by atoms with Crippen LogP contribution in [0.1, 0.15) is 18.1 Å². The zero-order chi connectivity index (χ0) is 25.1. The normalized spacial score (nSPS) is 17.3. The number of benzene rings is 2. The van der Waals surface area contributed by atoms with Gasteiger partial charge in [-0.3, -0.25) is 9.59 Å². The molecule has 1 unspecified atom stereocenters. The van der Waals surface area contributed by atoms with Gasteiger partial charge in [0.05, 0.1) is 17.6 Å². The number of hydrogen-bond acceptors (Lipinski definition) is 5. The van der Waals surface area contributed by atoms with Crippen LogP contribution in [0.3, 0.4) is 0 Å². The van der Waals surface area contributed by atoms with E-state index in [0.717, 1.165) is 16.4 Å². The first-order chi connectivity index (χ1) is 15.9. The Morgan fingerprint density at radius 3 is 2.21 bits per heavy atom. The molecule has 0 aliphatic carbocycles. The van der Waals surface area contributed by atoms with Crippen molar-refractivity contribution in [3.8, 4) is 5.75 Å². The molecule has 1 atom stereocenters. The lowest BCUT2D eigenvalue weighted by Gasteiger charge is -2.39. The first-order valence-electron chi connectivity index (χ1n) is 10.3. The molecule has 0 radical (unpaired) electrons. The molecule has 0 bridgehead atoms. The Balaban J connectivity index is 1.80. The van der Waals surface area contributed by atoms with Crippen LogP contribution < -0.4 is 10.1 Å². The van der Waals surface area contributed by atoms with E-state index in [1.165, 1.54) is 55.3 Å². The summed E-state index contributed by atoms with van der Waals surface area (Å²) < 4.78 is 70.9. The van der Waals surface area contributed by atoms with Crippen molar-refractivity contribution in [1.82, 2.24) is 14.5 Å². The van der Waals surface area contributed by atoms with E-state index in [0.29, 0.717) is 11.3 Å². The fourth-order valence-corrected chi connectivity index (χ4v) is 5.13. The fraction of sp³-hybridized carbons (Fsp3) is 0.364. The Kier molecular flexibility index (Phi) is 7.51. The highest BCUT2D eigenvalue weighted by Crippen LogP contribution is 2.29. The predicted molar refractivity (Wildman–Crippen MR) is 116 cm³/mol. The molecule has 12 heteroatoms. The van der Waals surface area contributed by atoms with Crippen molar-refractivity contribution < 1.29 is 35.9 Å². The first-order valence-corrected chi connectivity index (χ1v) is 11.7. The highest BCUT2D eigenvalue weighted by molar-refractivity contribution is 7.89. The van der Waals surface area contributed by atoms with Gasteiger partial charge in [-0.25, -0.2) is 8.42 Å². The van der Waals surface area contributed by atoms with Gasteiger partial charge in [0, 0.05) is 33.1 Å². The van der Waals surface area contributed by atoms with Crippen molar-refractivity contribution in [1.29, 1.82) is 0 Å². The van der Waals surface area contributed by atoms with Crippen LogP contribution >= 0.6 is 0 Å². The molecule has 0 saturated carbocycles. The van der Waals surface area contributed by atoms with Gasteiger partial charge in [0.25, 0.3) is 0 Å². The number of carbonyl (C=O) groups is 2. The molecule has 1 aliphatic rings. The Labute approximate surface area is 195 Å². The Morgan fingerprint density at radius 1 is 1.06 bits per heavy atom. The molecule has 1 fully saturated rings. The molecule has 184 valence electrons. The molecule has 1 heterocycles. The van der Waals surface area contributed by atoms with Crippen LogP contribution in [0.25, 0.3) is 0 Å². The van der Waals surface area contributed by atoms with Crippen LogP contribution in [0.5, 0.6) is 5.75 Å². The van der Waals surface area contributed by atoms with E-state index in [1.807, 2.05) is 0 Å². The monoisotopic (exact) mass is 499 g/mol. The van der Waals surface area contributed by atoms with Crippen LogP contribution in [0.15, 0.2) is 53.4 Å². The van der Waals surface area contributed by atoms with Gasteiger partial charge in [0.2, 0.25) is 21.8 Å². The second-order valence-electron chi connectivity index (χ2n) is 7.68. The van der Waals surface area contributed by atoms with Crippen LogP contribution in [0, 0.1) is 0 Å². The number of piperazine rings is 1. The van der Waals surface area contributed by atoms with Gasteiger partial charge < -0.3 is 15.0 Å². The zero-order valence-corrected chi connectivity index (χ0v) is 19.3.